The van der Waals surface area contributed by atoms with E-state index >= 15 is 0 Å². The number of hydrogen-bond acceptors (Lipinski definition) is 3. The van der Waals surface area contributed by atoms with Gasteiger partial charge in [0.15, 0.2) is 0 Å². The van der Waals surface area contributed by atoms with Crippen LogP contribution in [0.1, 0.15) is 24.8 Å². The summed E-state index contributed by atoms with van der Waals surface area (Å²) in [4.78, 5) is 2.78. The van der Waals surface area contributed by atoms with Gasteiger partial charge in [0, 0.05) is 24.0 Å². The Balaban J connectivity index is 1.45. The minimum Gasteiger partial charge on any atom is -0.372 e. The summed E-state index contributed by atoms with van der Waals surface area (Å²) in [6, 6.07) is 15.4. The Hall–Kier alpha value is -2.07. The van der Waals surface area contributed by atoms with Crippen LogP contribution in [-0.4, -0.2) is 25.2 Å². The van der Waals surface area contributed by atoms with Gasteiger partial charge in [-0.3, -0.25) is 0 Å². The number of rotatable bonds is 7. The lowest BCUT2D eigenvalue weighted by Gasteiger charge is -2.12. The zero-order valence-corrected chi connectivity index (χ0v) is 13.2. The van der Waals surface area contributed by atoms with Crippen molar-refractivity contribution in [1.29, 1.82) is 0 Å². The summed E-state index contributed by atoms with van der Waals surface area (Å²) in [5, 5.41) is 9.59. The zero-order chi connectivity index (χ0) is 15.9. The number of nitrogens with zero attached hydrogens (tertiary/aromatic N) is 3. The minimum atomic E-state index is 0.269. The van der Waals surface area contributed by atoms with Gasteiger partial charge in [0.1, 0.15) is 0 Å². The van der Waals surface area contributed by atoms with Gasteiger partial charge in [-0.1, -0.05) is 41.5 Å². The highest BCUT2D eigenvalue weighted by atomic mass is 16.5. The molecule has 0 radical (unpaired) electrons. The smallest absolute Gasteiger partial charge is 0.0721 e. The molecule has 0 spiro atoms. The van der Waals surface area contributed by atoms with Gasteiger partial charge < -0.3 is 10.1 Å². The fourth-order valence-corrected chi connectivity index (χ4v) is 3.12. The van der Waals surface area contributed by atoms with Gasteiger partial charge in [-0.15, -0.1) is 0 Å². The second-order valence-electron chi connectivity index (χ2n) is 6.05. The number of benzene rings is 2. The summed E-state index contributed by atoms with van der Waals surface area (Å²) < 4.78 is 6.05. The van der Waals surface area contributed by atoms with E-state index in [1.807, 2.05) is 0 Å². The maximum Gasteiger partial charge on any atom is 0.0721 e. The third-order valence-corrected chi connectivity index (χ3v) is 4.36. The van der Waals surface area contributed by atoms with Crippen molar-refractivity contribution in [3.8, 4) is 0 Å². The highest BCUT2D eigenvalue weighted by molar-refractivity contribution is 5.82. The lowest BCUT2D eigenvalue weighted by molar-refractivity contribution is 0.0524. The molecule has 0 amide bonds. The number of nitrogens with one attached hydrogen (secondary N) is 1. The molecular formula is C18H22N4O. The predicted octanol–water partition coefficient (Wildman–Crippen LogP) is 4.18. The molecule has 0 aromatic heterocycles. The molecule has 0 saturated carbocycles. The molecule has 2 aromatic carbocycles. The van der Waals surface area contributed by atoms with Crippen molar-refractivity contribution in [1.82, 2.24) is 5.32 Å². The number of azide groups is 1. The number of ether oxygens (including phenoxy) is 1. The average molecular weight is 310 g/mol. The fraction of sp³-hybridized carbons (Fsp3) is 0.444. The molecule has 2 atom stereocenters. The Bertz CT molecular complexity index is 696. The molecule has 120 valence electrons. The Morgan fingerprint density at radius 2 is 2.09 bits per heavy atom. The maximum atomic E-state index is 8.27. The van der Waals surface area contributed by atoms with Gasteiger partial charge in [-0.25, -0.2) is 0 Å². The number of hydrogen-bond donors (Lipinski definition) is 1. The fourth-order valence-electron chi connectivity index (χ4n) is 3.12. The van der Waals surface area contributed by atoms with Crippen LogP contribution in [0.15, 0.2) is 47.6 Å². The Morgan fingerprint density at radius 1 is 1.22 bits per heavy atom. The van der Waals surface area contributed by atoms with Crippen LogP contribution in [0, 0.1) is 0 Å². The van der Waals surface area contributed by atoms with E-state index in [9.17, 15) is 0 Å². The van der Waals surface area contributed by atoms with E-state index < -0.39 is 0 Å². The molecule has 1 aliphatic heterocycles. The summed E-state index contributed by atoms with van der Waals surface area (Å²) in [6.45, 7) is 2.14. The van der Waals surface area contributed by atoms with Crippen LogP contribution in [0.2, 0.25) is 0 Å². The molecule has 0 unspecified atom stereocenters. The van der Waals surface area contributed by atoms with E-state index in [2.05, 4.69) is 57.8 Å². The van der Waals surface area contributed by atoms with Crippen molar-refractivity contribution >= 4 is 10.8 Å². The van der Waals surface area contributed by atoms with Crippen molar-refractivity contribution in [2.75, 3.05) is 13.1 Å². The summed E-state index contributed by atoms with van der Waals surface area (Å²) in [5.74, 6) is 0. The first kappa shape index (κ1) is 15.8. The second-order valence-corrected chi connectivity index (χ2v) is 6.05. The van der Waals surface area contributed by atoms with Crippen LogP contribution in [0.25, 0.3) is 21.2 Å². The van der Waals surface area contributed by atoms with Gasteiger partial charge in [-0.05, 0) is 47.2 Å². The van der Waals surface area contributed by atoms with Crippen LogP contribution in [0.5, 0.6) is 0 Å². The van der Waals surface area contributed by atoms with Crippen LogP contribution in [-0.2, 0) is 11.3 Å². The maximum absolute atomic E-state index is 8.27. The molecule has 0 bridgehead atoms. The molecule has 1 fully saturated rings. The van der Waals surface area contributed by atoms with E-state index in [-0.39, 0.29) is 6.10 Å². The van der Waals surface area contributed by atoms with Gasteiger partial charge in [0.25, 0.3) is 0 Å². The number of fused-ring (bicyclic) bond motifs is 1. The summed E-state index contributed by atoms with van der Waals surface area (Å²) in [6.07, 6.45) is 3.27. The molecular weight excluding hydrogens is 288 g/mol. The van der Waals surface area contributed by atoms with E-state index in [0.717, 1.165) is 25.8 Å². The van der Waals surface area contributed by atoms with E-state index in [4.69, 9.17) is 10.3 Å². The molecule has 1 saturated heterocycles. The van der Waals surface area contributed by atoms with Crippen molar-refractivity contribution in [3.63, 3.8) is 0 Å². The minimum absolute atomic E-state index is 0.269. The molecule has 1 N–H and O–H groups in total. The molecule has 3 rings (SSSR count). The molecule has 1 heterocycles. The highest BCUT2D eigenvalue weighted by Crippen LogP contribution is 2.19. The van der Waals surface area contributed by atoms with Crippen LogP contribution in [0.4, 0.5) is 0 Å². The van der Waals surface area contributed by atoms with Crippen LogP contribution >= 0.6 is 0 Å². The first-order valence-corrected chi connectivity index (χ1v) is 8.18. The molecule has 1 aliphatic rings. The topological polar surface area (TPSA) is 70.0 Å². The van der Waals surface area contributed by atoms with E-state index in [1.165, 1.54) is 16.3 Å². The Morgan fingerprint density at radius 3 is 2.96 bits per heavy atom. The van der Waals surface area contributed by atoms with Crippen LogP contribution in [0.3, 0.4) is 0 Å². The van der Waals surface area contributed by atoms with Gasteiger partial charge in [0.05, 0.1) is 12.7 Å². The van der Waals surface area contributed by atoms with Gasteiger partial charge in [0.2, 0.25) is 0 Å². The third kappa shape index (κ3) is 4.45. The molecule has 23 heavy (non-hydrogen) atoms. The quantitative estimate of drug-likeness (QED) is 0.361. The molecule has 5 nitrogen and oxygen atoms in total. The average Bonchev–Trinajstić information content (AvgIpc) is 3.04. The van der Waals surface area contributed by atoms with Crippen molar-refractivity contribution in [2.24, 2.45) is 5.11 Å². The monoisotopic (exact) mass is 310 g/mol. The molecule has 0 aliphatic carbocycles. The molecule has 2 aromatic rings. The lowest BCUT2D eigenvalue weighted by atomic mass is 10.1. The second kappa shape index (κ2) is 7.97. The van der Waals surface area contributed by atoms with Crippen molar-refractivity contribution in [2.45, 2.75) is 38.0 Å². The molecule has 5 heteroatoms. The van der Waals surface area contributed by atoms with Gasteiger partial charge in [-0.2, -0.15) is 0 Å². The van der Waals surface area contributed by atoms with Gasteiger partial charge >= 0.3 is 0 Å². The summed E-state index contributed by atoms with van der Waals surface area (Å²) in [5.41, 5.74) is 9.49. The van der Waals surface area contributed by atoms with Crippen molar-refractivity contribution in [3.05, 3.63) is 58.5 Å². The standard InChI is InChI=1S/C18H22N4O/c19-22-21-9-3-6-17-11-18(12-20-17)23-13-14-7-8-15-4-1-2-5-16(15)10-14/h1-2,4-5,7-8,10,17-18,20H,3,6,9,11-13H2/t17-,18+/m0/s1. The normalized spacial score (nSPS) is 20.5. The largest absolute Gasteiger partial charge is 0.372 e. The van der Waals surface area contributed by atoms with Crippen molar-refractivity contribution < 1.29 is 4.74 Å². The lowest BCUT2D eigenvalue weighted by Crippen LogP contribution is -2.21. The first-order chi connectivity index (χ1) is 11.3. The first-order valence-electron chi connectivity index (χ1n) is 8.18. The third-order valence-electron chi connectivity index (χ3n) is 4.36. The van der Waals surface area contributed by atoms with E-state index in [1.54, 1.807) is 0 Å². The summed E-state index contributed by atoms with van der Waals surface area (Å²) >= 11 is 0. The Labute approximate surface area is 136 Å². The summed E-state index contributed by atoms with van der Waals surface area (Å²) in [7, 11) is 0. The van der Waals surface area contributed by atoms with E-state index in [0.29, 0.717) is 19.2 Å². The predicted molar refractivity (Wildman–Crippen MR) is 92.2 cm³/mol. The SMILES string of the molecule is [N-]=[N+]=NCCC[C@H]1C[C@@H](OCc2ccc3ccccc3c2)CN1. The highest BCUT2D eigenvalue weighted by Gasteiger charge is 2.23. The van der Waals surface area contributed by atoms with Crippen LogP contribution < -0.4 is 5.32 Å². The Kier molecular flexibility index (Phi) is 5.48. The zero-order valence-electron chi connectivity index (χ0n) is 13.2.